The Hall–Kier alpha value is -0.610. The fourth-order valence-corrected chi connectivity index (χ4v) is 1.43. The van der Waals surface area contributed by atoms with Crippen LogP contribution in [0.25, 0.3) is 0 Å². The smallest absolute Gasteiger partial charge is 0.140 e. The summed E-state index contributed by atoms with van der Waals surface area (Å²) in [7, 11) is 0. The molecule has 0 saturated carbocycles. The van der Waals surface area contributed by atoms with E-state index in [4.69, 9.17) is 11.6 Å². The Morgan fingerprint density at radius 3 is 3.07 bits per heavy atom. The monoisotopic (exact) mass is 230 g/mol. The van der Waals surface area contributed by atoms with E-state index in [9.17, 15) is 0 Å². The molecule has 5 heteroatoms. The van der Waals surface area contributed by atoms with E-state index >= 15 is 0 Å². The summed E-state index contributed by atoms with van der Waals surface area (Å²) in [5.41, 5.74) is 0. The van der Waals surface area contributed by atoms with Crippen LogP contribution in [0.1, 0.15) is 32.5 Å². The van der Waals surface area contributed by atoms with Crippen molar-refractivity contribution in [1.82, 2.24) is 20.1 Å². The standard InChI is InChI=1S/C10H19ClN4/c1-3-6-15-10(13-8-14-15)7-12-5-4-9(2)11/h8-9,12H,3-7H2,1-2H3. The van der Waals surface area contributed by atoms with Gasteiger partial charge >= 0.3 is 0 Å². The second kappa shape index (κ2) is 6.80. The van der Waals surface area contributed by atoms with Crippen molar-refractivity contribution in [3.05, 3.63) is 12.2 Å². The van der Waals surface area contributed by atoms with Crippen molar-refractivity contribution >= 4 is 11.6 Å². The normalized spacial score (nSPS) is 13.0. The Kier molecular flexibility index (Phi) is 5.65. The van der Waals surface area contributed by atoms with E-state index in [-0.39, 0.29) is 5.38 Å². The summed E-state index contributed by atoms with van der Waals surface area (Å²) < 4.78 is 1.94. The molecule has 86 valence electrons. The minimum atomic E-state index is 0.228. The summed E-state index contributed by atoms with van der Waals surface area (Å²) >= 11 is 5.85. The molecule has 0 radical (unpaired) electrons. The summed E-state index contributed by atoms with van der Waals surface area (Å²) in [5, 5.41) is 7.70. The van der Waals surface area contributed by atoms with Crippen LogP contribution in [0.3, 0.4) is 0 Å². The molecule has 1 aromatic heterocycles. The maximum atomic E-state index is 5.85. The van der Waals surface area contributed by atoms with Crippen LogP contribution in [0, 0.1) is 0 Å². The van der Waals surface area contributed by atoms with Crippen molar-refractivity contribution < 1.29 is 0 Å². The highest BCUT2D eigenvalue weighted by Crippen LogP contribution is 1.99. The molecule has 0 aromatic carbocycles. The third kappa shape index (κ3) is 4.62. The first-order valence-electron chi connectivity index (χ1n) is 5.45. The molecule has 15 heavy (non-hydrogen) atoms. The molecule has 0 saturated heterocycles. The highest BCUT2D eigenvalue weighted by Gasteiger charge is 2.02. The average molecular weight is 231 g/mol. The third-order valence-electron chi connectivity index (χ3n) is 2.13. The maximum absolute atomic E-state index is 5.85. The molecule has 1 unspecified atom stereocenters. The van der Waals surface area contributed by atoms with Gasteiger partial charge < -0.3 is 5.32 Å². The molecule has 1 heterocycles. The van der Waals surface area contributed by atoms with E-state index in [1.54, 1.807) is 6.33 Å². The van der Waals surface area contributed by atoms with E-state index in [0.29, 0.717) is 0 Å². The van der Waals surface area contributed by atoms with Gasteiger partial charge in [-0.15, -0.1) is 11.6 Å². The lowest BCUT2D eigenvalue weighted by Gasteiger charge is -2.06. The fraction of sp³-hybridized carbons (Fsp3) is 0.800. The van der Waals surface area contributed by atoms with Crippen LogP contribution < -0.4 is 5.32 Å². The fourth-order valence-electron chi connectivity index (χ4n) is 1.32. The van der Waals surface area contributed by atoms with Crippen LogP contribution in [0.2, 0.25) is 0 Å². The molecule has 0 fully saturated rings. The third-order valence-corrected chi connectivity index (χ3v) is 2.35. The van der Waals surface area contributed by atoms with Gasteiger partial charge in [0.05, 0.1) is 6.54 Å². The number of nitrogens with zero attached hydrogens (tertiary/aromatic N) is 3. The Balaban J connectivity index is 2.27. The van der Waals surface area contributed by atoms with E-state index in [2.05, 4.69) is 22.3 Å². The predicted octanol–water partition coefficient (Wildman–Crippen LogP) is 1.80. The molecule has 1 N–H and O–H groups in total. The number of halogens is 1. The summed E-state index contributed by atoms with van der Waals surface area (Å²) in [6, 6.07) is 0. The molecule has 0 aliphatic carbocycles. The first kappa shape index (κ1) is 12.5. The lowest BCUT2D eigenvalue weighted by Crippen LogP contribution is -2.20. The van der Waals surface area contributed by atoms with Gasteiger partial charge in [-0.2, -0.15) is 5.10 Å². The number of hydrogen-bond donors (Lipinski definition) is 1. The Labute approximate surface area is 96.0 Å². The quantitative estimate of drug-likeness (QED) is 0.574. The first-order valence-corrected chi connectivity index (χ1v) is 5.89. The lowest BCUT2D eigenvalue weighted by molar-refractivity contribution is 0.538. The molecular formula is C10H19ClN4. The van der Waals surface area contributed by atoms with Gasteiger partial charge in [-0.25, -0.2) is 9.67 Å². The topological polar surface area (TPSA) is 42.7 Å². The van der Waals surface area contributed by atoms with Crippen LogP contribution in [0.15, 0.2) is 6.33 Å². The number of nitrogens with one attached hydrogen (secondary N) is 1. The first-order chi connectivity index (χ1) is 7.24. The SMILES string of the molecule is CCCn1ncnc1CNCCC(C)Cl. The molecular weight excluding hydrogens is 212 g/mol. The number of aromatic nitrogens is 3. The van der Waals surface area contributed by atoms with Gasteiger partial charge in [-0.05, 0) is 26.3 Å². The number of rotatable bonds is 7. The molecule has 4 nitrogen and oxygen atoms in total. The van der Waals surface area contributed by atoms with Gasteiger partial charge in [0, 0.05) is 11.9 Å². The zero-order valence-corrected chi connectivity index (χ0v) is 10.2. The number of alkyl halides is 1. The minimum Gasteiger partial charge on any atom is -0.310 e. The Morgan fingerprint density at radius 1 is 1.60 bits per heavy atom. The molecule has 0 spiro atoms. The van der Waals surface area contributed by atoms with Crippen LogP contribution in [0.4, 0.5) is 0 Å². The van der Waals surface area contributed by atoms with Gasteiger partial charge in [-0.1, -0.05) is 6.92 Å². The summed E-state index contributed by atoms with van der Waals surface area (Å²) in [5.74, 6) is 0.999. The Morgan fingerprint density at radius 2 is 2.40 bits per heavy atom. The largest absolute Gasteiger partial charge is 0.310 e. The van der Waals surface area contributed by atoms with Crippen molar-refractivity contribution in [3.63, 3.8) is 0 Å². The van der Waals surface area contributed by atoms with E-state index in [1.807, 2.05) is 11.6 Å². The van der Waals surface area contributed by atoms with E-state index < -0.39 is 0 Å². The minimum absolute atomic E-state index is 0.228. The predicted molar refractivity (Wildman–Crippen MR) is 62.0 cm³/mol. The average Bonchev–Trinajstić information content (AvgIpc) is 2.61. The van der Waals surface area contributed by atoms with Crippen LogP contribution in [-0.2, 0) is 13.1 Å². The van der Waals surface area contributed by atoms with E-state index in [0.717, 1.165) is 38.3 Å². The van der Waals surface area contributed by atoms with Crippen molar-refractivity contribution in [2.24, 2.45) is 0 Å². The van der Waals surface area contributed by atoms with Crippen molar-refractivity contribution in [3.8, 4) is 0 Å². The van der Waals surface area contributed by atoms with Gasteiger partial charge in [0.25, 0.3) is 0 Å². The molecule has 1 aromatic rings. The molecule has 0 aliphatic rings. The lowest BCUT2D eigenvalue weighted by atomic mass is 10.3. The molecule has 1 atom stereocenters. The Bertz CT molecular complexity index is 272. The molecule has 1 rings (SSSR count). The second-order valence-electron chi connectivity index (χ2n) is 3.65. The van der Waals surface area contributed by atoms with Gasteiger partial charge in [0.1, 0.15) is 12.2 Å². The maximum Gasteiger partial charge on any atom is 0.140 e. The highest BCUT2D eigenvalue weighted by atomic mass is 35.5. The summed E-state index contributed by atoms with van der Waals surface area (Å²) in [4.78, 5) is 4.21. The van der Waals surface area contributed by atoms with Crippen LogP contribution in [-0.4, -0.2) is 26.7 Å². The molecule has 0 aliphatic heterocycles. The zero-order chi connectivity index (χ0) is 11.1. The van der Waals surface area contributed by atoms with Gasteiger partial charge in [0.2, 0.25) is 0 Å². The van der Waals surface area contributed by atoms with Crippen LogP contribution in [0.5, 0.6) is 0 Å². The summed E-state index contributed by atoms with van der Waals surface area (Å²) in [6.45, 7) is 6.76. The van der Waals surface area contributed by atoms with Gasteiger partial charge in [-0.3, -0.25) is 0 Å². The second-order valence-corrected chi connectivity index (χ2v) is 4.39. The highest BCUT2D eigenvalue weighted by molar-refractivity contribution is 6.20. The van der Waals surface area contributed by atoms with Crippen molar-refractivity contribution in [2.75, 3.05) is 6.54 Å². The summed E-state index contributed by atoms with van der Waals surface area (Å²) in [6.07, 6.45) is 3.66. The van der Waals surface area contributed by atoms with Crippen molar-refractivity contribution in [1.29, 1.82) is 0 Å². The molecule has 0 bridgehead atoms. The molecule has 0 amide bonds. The van der Waals surface area contributed by atoms with Crippen molar-refractivity contribution in [2.45, 2.75) is 45.2 Å². The van der Waals surface area contributed by atoms with Gasteiger partial charge in [0.15, 0.2) is 0 Å². The number of hydrogen-bond acceptors (Lipinski definition) is 3. The zero-order valence-electron chi connectivity index (χ0n) is 9.41. The number of aryl methyl sites for hydroxylation is 1. The van der Waals surface area contributed by atoms with Crippen LogP contribution >= 0.6 is 11.6 Å². The van der Waals surface area contributed by atoms with E-state index in [1.165, 1.54) is 0 Å².